The second-order valence-electron chi connectivity index (χ2n) is 6.99. The molecule has 1 aliphatic rings. The molecule has 0 unspecified atom stereocenters. The van der Waals surface area contributed by atoms with Crippen LogP contribution in [-0.2, 0) is 9.59 Å². The molecule has 0 saturated carbocycles. The summed E-state index contributed by atoms with van der Waals surface area (Å²) >= 11 is 6.10. The average molecular weight is 373 g/mol. The summed E-state index contributed by atoms with van der Waals surface area (Å²) < 4.78 is 5.81. The number of amides is 2. The van der Waals surface area contributed by atoms with Gasteiger partial charge >= 0.3 is 0 Å². The molecule has 0 bridgehead atoms. The van der Waals surface area contributed by atoms with Gasteiger partial charge in [0, 0.05) is 10.7 Å². The van der Waals surface area contributed by atoms with E-state index in [-0.39, 0.29) is 18.4 Å². The van der Waals surface area contributed by atoms with Gasteiger partial charge in [-0.15, -0.1) is 0 Å². The first-order chi connectivity index (χ1) is 12.2. The van der Waals surface area contributed by atoms with Gasteiger partial charge < -0.3 is 10.1 Å². The Morgan fingerprint density at radius 2 is 1.92 bits per heavy atom. The van der Waals surface area contributed by atoms with Crippen molar-refractivity contribution in [2.75, 3.05) is 16.8 Å². The summed E-state index contributed by atoms with van der Waals surface area (Å²) in [5.74, 6) is 0.0301. The quantitative estimate of drug-likeness (QED) is 0.882. The number of anilines is 2. The highest BCUT2D eigenvalue weighted by molar-refractivity contribution is 6.31. The number of carbonyl (C=O) groups excluding carboxylic acids is 2. The average Bonchev–Trinajstić information content (AvgIpc) is 2.56. The van der Waals surface area contributed by atoms with Crippen LogP contribution in [0.2, 0.25) is 5.02 Å². The van der Waals surface area contributed by atoms with E-state index < -0.39 is 5.60 Å². The summed E-state index contributed by atoms with van der Waals surface area (Å²) in [5, 5.41) is 3.37. The van der Waals surface area contributed by atoms with E-state index >= 15 is 0 Å². The summed E-state index contributed by atoms with van der Waals surface area (Å²) in [7, 11) is 0. The van der Waals surface area contributed by atoms with Crippen LogP contribution in [0.25, 0.3) is 0 Å². The number of carbonyl (C=O) groups is 2. The minimum atomic E-state index is -1.03. The second-order valence-corrected chi connectivity index (χ2v) is 7.39. The third kappa shape index (κ3) is 3.53. The van der Waals surface area contributed by atoms with Crippen molar-refractivity contribution in [3.63, 3.8) is 0 Å². The summed E-state index contributed by atoms with van der Waals surface area (Å²) in [6.45, 7) is 7.11. The molecule has 3 rings (SSSR count). The molecule has 0 spiro atoms. The molecule has 1 aliphatic heterocycles. The molecule has 0 atom stereocenters. The van der Waals surface area contributed by atoms with Crippen molar-refractivity contribution in [2.45, 2.75) is 33.3 Å². The fourth-order valence-electron chi connectivity index (χ4n) is 2.85. The zero-order valence-corrected chi connectivity index (χ0v) is 16.0. The fourth-order valence-corrected chi connectivity index (χ4v) is 3.03. The first-order valence-corrected chi connectivity index (χ1v) is 8.73. The fraction of sp³-hybridized carbons (Fsp3) is 0.300. The van der Waals surface area contributed by atoms with Crippen LogP contribution in [0.3, 0.4) is 0 Å². The van der Waals surface area contributed by atoms with Crippen LogP contribution < -0.4 is 15.0 Å². The zero-order chi connectivity index (χ0) is 19.1. The topological polar surface area (TPSA) is 58.6 Å². The van der Waals surface area contributed by atoms with E-state index in [9.17, 15) is 9.59 Å². The number of hydrogen-bond donors (Lipinski definition) is 1. The molecular formula is C20H21ClN2O3. The van der Waals surface area contributed by atoms with Gasteiger partial charge in [-0.3, -0.25) is 14.5 Å². The summed E-state index contributed by atoms with van der Waals surface area (Å²) in [4.78, 5) is 26.8. The molecule has 1 N–H and O–H groups in total. The Morgan fingerprint density at radius 1 is 1.19 bits per heavy atom. The molecule has 0 fully saturated rings. The van der Waals surface area contributed by atoms with Crippen LogP contribution in [-0.4, -0.2) is 24.0 Å². The number of nitrogens with one attached hydrogen (secondary N) is 1. The van der Waals surface area contributed by atoms with E-state index in [2.05, 4.69) is 5.32 Å². The van der Waals surface area contributed by atoms with Crippen molar-refractivity contribution in [3.8, 4) is 5.75 Å². The Balaban J connectivity index is 1.85. The Kier molecular flexibility index (Phi) is 4.67. The summed E-state index contributed by atoms with van der Waals surface area (Å²) in [6.07, 6.45) is 0. The van der Waals surface area contributed by atoms with Crippen LogP contribution in [0.1, 0.15) is 25.0 Å². The Hall–Kier alpha value is -2.53. The van der Waals surface area contributed by atoms with Crippen LogP contribution in [0.4, 0.5) is 11.4 Å². The third-order valence-electron chi connectivity index (χ3n) is 4.29. The Bertz CT molecular complexity index is 893. The first kappa shape index (κ1) is 18.3. The SMILES string of the molecule is Cc1ccc2c(c1)N(CC(=O)Nc1ccc(C)c(Cl)c1)C(=O)C(C)(C)O2. The predicted octanol–water partition coefficient (Wildman–Crippen LogP) is 4.10. The Labute approximate surface area is 157 Å². The largest absolute Gasteiger partial charge is 0.476 e. The van der Waals surface area contributed by atoms with E-state index in [1.807, 2.05) is 38.1 Å². The number of hydrogen-bond acceptors (Lipinski definition) is 3. The number of fused-ring (bicyclic) bond motifs is 1. The first-order valence-electron chi connectivity index (χ1n) is 8.35. The molecule has 2 aromatic carbocycles. The lowest BCUT2D eigenvalue weighted by atomic mass is 10.0. The second kappa shape index (κ2) is 6.65. The maximum atomic E-state index is 12.8. The molecule has 0 radical (unpaired) electrons. The van der Waals surface area contributed by atoms with Gasteiger partial charge in [0.15, 0.2) is 5.60 Å². The van der Waals surface area contributed by atoms with Crippen LogP contribution in [0, 0.1) is 13.8 Å². The summed E-state index contributed by atoms with van der Waals surface area (Å²) in [5.41, 5.74) is 2.08. The number of nitrogens with zero attached hydrogens (tertiary/aromatic N) is 1. The third-order valence-corrected chi connectivity index (χ3v) is 4.70. The predicted molar refractivity (Wildman–Crippen MR) is 103 cm³/mol. The van der Waals surface area contributed by atoms with Gasteiger partial charge in [-0.2, -0.15) is 0 Å². The molecule has 0 aromatic heterocycles. The maximum absolute atomic E-state index is 12.8. The molecule has 136 valence electrons. The van der Waals surface area contributed by atoms with Crippen molar-refractivity contribution in [1.82, 2.24) is 0 Å². The Morgan fingerprint density at radius 3 is 2.62 bits per heavy atom. The molecule has 0 saturated heterocycles. The van der Waals surface area contributed by atoms with Gasteiger partial charge in [-0.05, 0) is 63.1 Å². The summed E-state index contributed by atoms with van der Waals surface area (Å²) in [6, 6.07) is 10.9. The van der Waals surface area contributed by atoms with E-state index in [0.717, 1.165) is 11.1 Å². The van der Waals surface area contributed by atoms with Gasteiger partial charge in [0.05, 0.1) is 5.69 Å². The highest BCUT2D eigenvalue weighted by atomic mass is 35.5. The minimum absolute atomic E-state index is 0.104. The van der Waals surface area contributed by atoms with Crippen LogP contribution in [0.15, 0.2) is 36.4 Å². The lowest BCUT2D eigenvalue weighted by molar-refractivity contribution is -0.133. The normalized spacial score (nSPS) is 15.3. The molecule has 2 aromatic rings. The molecular weight excluding hydrogens is 352 g/mol. The van der Waals surface area contributed by atoms with Crippen LogP contribution >= 0.6 is 11.6 Å². The monoisotopic (exact) mass is 372 g/mol. The van der Waals surface area contributed by atoms with Gasteiger partial charge in [0.2, 0.25) is 5.91 Å². The smallest absolute Gasteiger partial charge is 0.271 e. The maximum Gasteiger partial charge on any atom is 0.271 e. The molecule has 5 nitrogen and oxygen atoms in total. The van der Waals surface area contributed by atoms with Crippen molar-refractivity contribution >= 4 is 34.8 Å². The molecule has 26 heavy (non-hydrogen) atoms. The van der Waals surface area contributed by atoms with Crippen molar-refractivity contribution < 1.29 is 14.3 Å². The van der Waals surface area contributed by atoms with E-state index in [1.54, 1.807) is 26.0 Å². The lowest BCUT2D eigenvalue weighted by Crippen LogP contribution is -2.54. The number of benzene rings is 2. The number of halogens is 1. The number of ether oxygens (including phenoxy) is 1. The zero-order valence-electron chi connectivity index (χ0n) is 15.2. The molecule has 2 amide bonds. The van der Waals surface area contributed by atoms with Crippen molar-refractivity contribution in [1.29, 1.82) is 0 Å². The molecule has 1 heterocycles. The standard InChI is InChI=1S/C20H21ClN2O3/c1-12-5-8-17-16(9-12)23(19(25)20(3,4)26-17)11-18(24)22-14-7-6-13(2)15(21)10-14/h5-10H,11H2,1-4H3,(H,22,24). The van der Waals surface area contributed by atoms with Crippen molar-refractivity contribution in [3.05, 3.63) is 52.5 Å². The van der Waals surface area contributed by atoms with Gasteiger partial charge in [0.25, 0.3) is 5.91 Å². The number of rotatable bonds is 3. The van der Waals surface area contributed by atoms with Gasteiger partial charge in [0.1, 0.15) is 12.3 Å². The van der Waals surface area contributed by atoms with Gasteiger partial charge in [-0.1, -0.05) is 23.7 Å². The highest BCUT2D eigenvalue weighted by Crippen LogP contribution is 2.38. The molecule has 6 heteroatoms. The van der Waals surface area contributed by atoms with E-state index in [4.69, 9.17) is 16.3 Å². The van der Waals surface area contributed by atoms with Crippen LogP contribution in [0.5, 0.6) is 5.75 Å². The lowest BCUT2D eigenvalue weighted by Gasteiger charge is -2.38. The van der Waals surface area contributed by atoms with E-state index in [1.165, 1.54) is 4.90 Å². The van der Waals surface area contributed by atoms with Crippen molar-refractivity contribution in [2.24, 2.45) is 0 Å². The molecule has 0 aliphatic carbocycles. The number of aryl methyl sites for hydroxylation is 2. The van der Waals surface area contributed by atoms with Gasteiger partial charge in [-0.25, -0.2) is 0 Å². The van der Waals surface area contributed by atoms with E-state index in [0.29, 0.717) is 22.1 Å². The highest BCUT2D eigenvalue weighted by Gasteiger charge is 2.41. The minimum Gasteiger partial charge on any atom is -0.476 e.